The van der Waals surface area contributed by atoms with Crippen molar-refractivity contribution in [2.24, 2.45) is 0 Å². The van der Waals surface area contributed by atoms with Gasteiger partial charge in [-0.15, -0.1) is 0 Å². The van der Waals surface area contributed by atoms with Crippen molar-refractivity contribution < 1.29 is 14.3 Å². The summed E-state index contributed by atoms with van der Waals surface area (Å²) in [5.41, 5.74) is 0.790. The number of benzene rings is 1. The molecule has 6 nitrogen and oxygen atoms in total. The second-order valence-corrected chi connectivity index (χ2v) is 7.70. The molecule has 1 unspecified atom stereocenters. The van der Waals surface area contributed by atoms with Gasteiger partial charge in [-0.25, -0.2) is 4.79 Å². The summed E-state index contributed by atoms with van der Waals surface area (Å²) in [6.45, 7) is 5.34. The average Bonchev–Trinajstić information content (AvgIpc) is 3.06. The van der Waals surface area contributed by atoms with E-state index in [1.165, 1.54) is 0 Å². The molecule has 0 saturated heterocycles. The zero-order chi connectivity index (χ0) is 19.2. The number of nitrogens with one attached hydrogen (secondary N) is 2. The Bertz CT molecular complexity index is 665. The summed E-state index contributed by atoms with van der Waals surface area (Å²) < 4.78 is 5.29. The number of rotatable bonds is 5. The van der Waals surface area contributed by atoms with E-state index in [9.17, 15) is 9.59 Å². The van der Waals surface area contributed by atoms with E-state index in [0.29, 0.717) is 12.0 Å². The number of carbonyl (C=O) groups excluding carboxylic acids is 2. The number of carbonyl (C=O) groups is 2. The summed E-state index contributed by atoms with van der Waals surface area (Å²) in [6, 6.07) is 8.52. The molecule has 1 saturated carbocycles. The van der Waals surface area contributed by atoms with Gasteiger partial charge in [0.25, 0.3) is 0 Å². The highest BCUT2D eigenvalue weighted by Crippen LogP contribution is 2.18. The van der Waals surface area contributed by atoms with Crippen LogP contribution in [0.25, 0.3) is 0 Å². The molecule has 0 heterocycles. The maximum atomic E-state index is 12.7. The highest BCUT2D eigenvalue weighted by Gasteiger charge is 2.27. The van der Waals surface area contributed by atoms with Crippen LogP contribution in [-0.2, 0) is 16.0 Å². The predicted molar refractivity (Wildman–Crippen MR) is 98.4 cm³/mol. The molecule has 2 N–H and O–H groups in total. The van der Waals surface area contributed by atoms with Crippen LogP contribution in [0.1, 0.15) is 57.6 Å². The molecule has 1 aliphatic rings. The Balaban J connectivity index is 2.07. The summed E-state index contributed by atoms with van der Waals surface area (Å²) in [5.74, 6) is -0.202. The summed E-state index contributed by atoms with van der Waals surface area (Å²) >= 11 is 0. The van der Waals surface area contributed by atoms with Gasteiger partial charge in [-0.2, -0.15) is 5.26 Å². The minimum absolute atomic E-state index is 0.173. The van der Waals surface area contributed by atoms with Crippen LogP contribution in [0.3, 0.4) is 0 Å². The Morgan fingerprint density at radius 1 is 1.23 bits per heavy atom. The van der Waals surface area contributed by atoms with Gasteiger partial charge in [0.15, 0.2) is 0 Å². The van der Waals surface area contributed by atoms with Gasteiger partial charge in [0, 0.05) is 12.5 Å². The average molecular weight is 357 g/mol. The van der Waals surface area contributed by atoms with E-state index in [4.69, 9.17) is 10.00 Å². The minimum atomic E-state index is -0.724. The third kappa shape index (κ3) is 6.40. The van der Waals surface area contributed by atoms with Gasteiger partial charge in [-0.05, 0) is 51.3 Å². The first-order valence-corrected chi connectivity index (χ1v) is 9.06. The maximum absolute atomic E-state index is 12.7. The standard InChI is InChI=1S/C20H27N3O3/c1-20(2,3)26-19(25)23-17(18(24)22-16-6-4-5-7-16)12-14-8-10-15(13-21)11-9-14/h8-11,16-17H,4-7,12H2,1-3H3,(H,22,24)(H,23,25). The molecule has 1 aliphatic carbocycles. The fourth-order valence-corrected chi connectivity index (χ4v) is 2.98. The number of ether oxygens (including phenoxy) is 1. The lowest BCUT2D eigenvalue weighted by Crippen LogP contribution is -2.51. The Labute approximate surface area is 154 Å². The maximum Gasteiger partial charge on any atom is 0.408 e. The zero-order valence-corrected chi connectivity index (χ0v) is 15.7. The fourth-order valence-electron chi connectivity index (χ4n) is 2.98. The van der Waals surface area contributed by atoms with Gasteiger partial charge in [0.2, 0.25) is 5.91 Å². The summed E-state index contributed by atoms with van der Waals surface area (Å²) in [7, 11) is 0. The predicted octanol–water partition coefficient (Wildman–Crippen LogP) is 3.05. The second kappa shape index (κ2) is 8.70. The van der Waals surface area contributed by atoms with Crippen molar-refractivity contribution >= 4 is 12.0 Å². The second-order valence-electron chi connectivity index (χ2n) is 7.70. The van der Waals surface area contributed by atoms with Crippen LogP contribution in [0.15, 0.2) is 24.3 Å². The van der Waals surface area contributed by atoms with Crippen LogP contribution >= 0.6 is 0 Å². The number of nitrogens with zero attached hydrogens (tertiary/aromatic N) is 1. The summed E-state index contributed by atoms with van der Waals surface area (Å²) in [5, 5.41) is 14.6. The minimum Gasteiger partial charge on any atom is -0.444 e. The fraction of sp³-hybridized carbons (Fsp3) is 0.550. The van der Waals surface area contributed by atoms with Crippen LogP contribution < -0.4 is 10.6 Å². The quantitative estimate of drug-likeness (QED) is 0.847. The van der Waals surface area contributed by atoms with E-state index >= 15 is 0 Å². The van der Waals surface area contributed by atoms with E-state index in [0.717, 1.165) is 31.2 Å². The number of nitriles is 1. The molecule has 0 aromatic heterocycles. The van der Waals surface area contributed by atoms with E-state index in [1.807, 2.05) is 0 Å². The lowest BCUT2D eigenvalue weighted by molar-refractivity contribution is -0.123. The van der Waals surface area contributed by atoms with Crippen molar-refractivity contribution in [1.82, 2.24) is 10.6 Å². The molecule has 6 heteroatoms. The SMILES string of the molecule is CC(C)(C)OC(=O)NC(Cc1ccc(C#N)cc1)C(=O)NC1CCCC1. The molecule has 140 valence electrons. The van der Waals surface area contributed by atoms with Crippen molar-refractivity contribution in [2.45, 2.75) is 70.6 Å². The molecule has 1 aromatic carbocycles. The molecule has 0 bridgehead atoms. The molecule has 2 amide bonds. The van der Waals surface area contributed by atoms with E-state index in [-0.39, 0.29) is 11.9 Å². The normalized spacial score (nSPS) is 15.8. The van der Waals surface area contributed by atoms with Crippen molar-refractivity contribution in [3.8, 4) is 6.07 Å². The number of alkyl carbamates (subject to hydrolysis) is 1. The number of hydrogen-bond acceptors (Lipinski definition) is 4. The van der Waals surface area contributed by atoms with Gasteiger partial charge in [-0.1, -0.05) is 25.0 Å². The Morgan fingerprint density at radius 2 is 1.85 bits per heavy atom. The first kappa shape index (κ1) is 19.8. The summed E-state index contributed by atoms with van der Waals surface area (Å²) in [6.07, 6.45) is 3.90. The molecule has 1 aromatic rings. The molecule has 0 radical (unpaired) electrons. The lowest BCUT2D eigenvalue weighted by atomic mass is 10.0. The first-order chi connectivity index (χ1) is 12.3. The molecule has 1 atom stereocenters. The van der Waals surface area contributed by atoms with Crippen molar-refractivity contribution in [3.63, 3.8) is 0 Å². The van der Waals surface area contributed by atoms with Gasteiger partial charge in [0.1, 0.15) is 11.6 Å². The monoisotopic (exact) mass is 357 g/mol. The topological polar surface area (TPSA) is 91.2 Å². The van der Waals surface area contributed by atoms with Crippen LogP contribution in [0.4, 0.5) is 4.79 Å². The largest absolute Gasteiger partial charge is 0.444 e. The number of hydrogen-bond donors (Lipinski definition) is 2. The third-order valence-corrected chi connectivity index (χ3v) is 4.23. The highest BCUT2D eigenvalue weighted by atomic mass is 16.6. The molecular weight excluding hydrogens is 330 g/mol. The lowest BCUT2D eigenvalue weighted by Gasteiger charge is -2.24. The van der Waals surface area contributed by atoms with E-state index in [2.05, 4.69) is 16.7 Å². The molecule has 26 heavy (non-hydrogen) atoms. The highest BCUT2D eigenvalue weighted by molar-refractivity contribution is 5.86. The van der Waals surface area contributed by atoms with E-state index in [1.54, 1.807) is 45.0 Å². The van der Waals surface area contributed by atoms with Crippen LogP contribution in [0.5, 0.6) is 0 Å². The van der Waals surface area contributed by atoms with Gasteiger partial charge in [0.05, 0.1) is 11.6 Å². The summed E-state index contributed by atoms with van der Waals surface area (Å²) in [4.78, 5) is 24.8. The molecule has 0 aliphatic heterocycles. The van der Waals surface area contributed by atoms with Crippen LogP contribution in [0, 0.1) is 11.3 Å². The van der Waals surface area contributed by atoms with Crippen LogP contribution in [-0.4, -0.2) is 29.7 Å². The Kier molecular flexibility index (Phi) is 6.62. The van der Waals surface area contributed by atoms with Crippen molar-refractivity contribution in [3.05, 3.63) is 35.4 Å². The van der Waals surface area contributed by atoms with Crippen molar-refractivity contribution in [1.29, 1.82) is 5.26 Å². The molecule has 1 fully saturated rings. The Hall–Kier alpha value is -2.55. The first-order valence-electron chi connectivity index (χ1n) is 9.06. The van der Waals surface area contributed by atoms with Gasteiger partial charge < -0.3 is 15.4 Å². The molecular formula is C20H27N3O3. The number of amides is 2. The van der Waals surface area contributed by atoms with Gasteiger partial charge in [-0.3, -0.25) is 4.79 Å². The Morgan fingerprint density at radius 3 is 2.38 bits per heavy atom. The van der Waals surface area contributed by atoms with Crippen LogP contribution in [0.2, 0.25) is 0 Å². The van der Waals surface area contributed by atoms with E-state index < -0.39 is 17.7 Å². The third-order valence-electron chi connectivity index (χ3n) is 4.23. The molecule has 2 rings (SSSR count). The zero-order valence-electron chi connectivity index (χ0n) is 15.7. The van der Waals surface area contributed by atoms with Crippen molar-refractivity contribution in [2.75, 3.05) is 0 Å². The smallest absolute Gasteiger partial charge is 0.408 e. The van der Waals surface area contributed by atoms with Gasteiger partial charge >= 0.3 is 6.09 Å². The molecule has 0 spiro atoms.